The molecule has 0 spiro atoms. The molecular weight excluding hydrogens is 353 g/mol. The van der Waals surface area contributed by atoms with Crippen molar-refractivity contribution in [2.45, 2.75) is 37.4 Å². The summed E-state index contributed by atoms with van der Waals surface area (Å²) in [7, 11) is 0. The van der Waals surface area contributed by atoms with Crippen LogP contribution in [0, 0.1) is 11.8 Å². The number of hydrogen-bond donors (Lipinski definition) is 1. The average molecular weight is 370 g/mol. The van der Waals surface area contributed by atoms with E-state index in [0.29, 0.717) is 35.0 Å². The van der Waals surface area contributed by atoms with Crippen molar-refractivity contribution in [3.05, 3.63) is 28.2 Å². The van der Waals surface area contributed by atoms with Crippen LogP contribution >= 0.6 is 23.2 Å². The van der Waals surface area contributed by atoms with Gasteiger partial charge in [0.05, 0.1) is 28.7 Å². The third kappa shape index (κ3) is 2.02. The molecule has 4 rings (SSSR count). The molecule has 0 aromatic heterocycles. The van der Waals surface area contributed by atoms with Crippen LogP contribution in [0.3, 0.4) is 0 Å². The summed E-state index contributed by atoms with van der Waals surface area (Å²) in [5, 5.41) is 10.2. The topological polar surface area (TPSA) is 66.8 Å². The molecule has 128 valence electrons. The minimum absolute atomic E-state index is 0.0796. The maximum Gasteiger partial charge on any atom is 0.240 e. The Bertz CT molecular complexity index is 730. The Balaban J connectivity index is 1.79. The summed E-state index contributed by atoms with van der Waals surface area (Å²) in [6, 6.07) is 4.68. The molecule has 5 nitrogen and oxygen atoms in total. The molecule has 0 saturated carbocycles. The highest BCUT2D eigenvalue weighted by molar-refractivity contribution is 6.35. The van der Waals surface area contributed by atoms with E-state index in [4.69, 9.17) is 27.9 Å². The Morgan fingerprint density at radius 2 is 1.79 bits per heavy atom. The number of nitrogens with zero attached hydrogens (tertiary/aromatic N) is 1. The van der Waals surface area contributed by atoms with Crippen LogP contribution in [0.1, 0.15) is 26.2 Å². The van der Waals surface area contributed by atoms with Crippen LogP contribution in [0.25, 0.3) is 0 Å². The van der Waals surface area contributed by atoms with Gasteiger partial charge in [0, 0.05) is 23.1 Å². The Morgan fingerprint density at radius 1 is 1.17 bits per heavy atom. The van der Waals surface area contributed by atoms with Crippen molar-refractivity contribution in [2.75, 3.05) is 11.5 Å². The standard InChI is InChI=1S/C17H17Cl2NO4/c1-16-2-3-17(24-16,4-5-21)13-12(16)14(22)20(15(13)23)11-7-9(18)6-10(19)8-11/h6-8,12-13,21H,2-5H2,1H3/t12-,13+,16?,17-/m0/s1. The molecule has 1 aromatic rings. The van der Waals surface area contributed by atoms with Crippen molar-refractivity contribution in [3.8, 4) is 0 Å². The van der Waals surface area contributed by atoms with Gasteiger partial charge >= 0.3 is 0 Å². The fourth-order valence-corrected chi connectivity index (χ4v) is 5.24. The number of imide groups is 1. The Kier molecular flexibility index (Phi) is 3.52. The molecule has 3 heterocycles. The number of fused-ring (bicyclic) bond motifs is 5. The predicted molar refractivity (Wildman–Crippen MR) is 89.1 cm³/mol. The van der Waals surface area contributed by atoms with Crippen molar-refractivity contribution < 1.29 is 19.4 Å². The van der Waals surface area contributed by atoms with Gasteiger partial charge in [-0.1, -0.05) is 23.2 Å². The van der Waals surface area contributed by atoms with Crippen LogP contribution in [0.4, 0.5) is 5.69 Å². The summed E-state index contributed by atoms with van der Waals surface area (Å²) in [6.07, 6.45) is 1.73. The first-order valence-electron chi connectivity index (χ1n) is 7.96. The van der Waals surface area contributed by atoms with Crippen LogP contribution < -0.4 is 4.90 Å². The molecule has 3 saturated heterocycles. The maximum absolute atomic E-state index is 13.1. The van der Waals surface area contributed by atoms with Crippen LogP contribution in [0.2, 0.25) is 10.0 Å². The normalized spacial score (nSPS) is 37.4. The molecule has 3 aliphatic heterocycles. The Morgan fingerprint density at radius 3 is 2.42 bits per heavy atom. The zero-order chi connectivity index (χ0) is 17.3. The van der Waals surface area contributed by atoms with Crippen molar-refractivity contribution in [3.63, 3.8) is 0 Å². The lowest BCUT2D eigenvalue weighted by atomic mass is 9.67. The van der Waals surface area contributed by atoms with E-state index in [1.165, 1.54) is 4.90 Å². The van der Waals surface area contributed by atoms with E-state index in [1.807, 2.05) is 6.92 Å². The molecular formula is C17H17Cl2NO4. The minimum Gasteiger partial charge on any atom is -0.396 e. The molecule has 3 aliphatic rings. The molecule has 1 aromatic carbocycles. The van der Waals surface area contributed by atoms with Crippen molar-refractivity contribution >= 4 is 40.7 Å². The summed E-state index contributed by atoms with van der Waals surface area (Å²) in [5.74, 6) is -1.65. The van der Waals surface area contributed by atoms with Gasteiger partial charge in [-0.05, 0) is 38.0 Å². The molecule has 24 heavy (non-hydrogen) atoms. The highest BCUT2D eigenvalue weighted by Crippen LogP contribution is 2.62. The van der Waals surface area contributed by atoms with E-state index >= 15 is 0 Å². The van der Waals surface area contributed by atoms with Gasteiger partial charge in [-0.3, -0.25) is 9.59 Å². The van der Waals surface area contributed by atoms with Gasteiger partial charge in [0.2, 0.25) is 11.8 Å². The number of aliphatic hydroxyl groups is 1. The fraction of sp³-hybridized carbons (Fsp3) is 0.529. The lowest BCUT2D eigenvalue weighted by Crippen LogP contribution is -2.42. The molecule has 7 heteroatoms. The number of halogens is 2. The Hall–Kier alpha value is -1.14. The first-order valence-corrected chi connectivity index (χ1v) is 8.72. The van der Waals surface area contributed by atoms with Crippen LogP contribution in [0.15, 0.2) is 18.2 Å². The molecule has 1 N–H and O–H groups in total. The number of rotatable bonds is 3. The highest BCUT2D eigenvalue weighted by atomic mass is 35.5. The number of amides is 2. The lowest BCUT2D eigenvalue weighted by Gasteiger charge is -2.30. The number of ether oxygens (including phenoxy) is 1. The van der Waals surface area contributed by atoms with E-state index in [2.05, 4.69) is 0 Å². The molecule has 2 bridgehead atoms. The van der Waals surface area contributed by atoms with Gasteiger partial charge in [0.15, 0.2) is 0 Å². The van der Waals surface area contributed by atoms with Crippen LogP contribution in [-0.4, -0.2) is 34.7 Å². The van der Waals surface area contributed by atoms with Gasteiger partial charge in [-0.25, -0.2) is 4.90 Å². The largest absolute Gasteiger partial charge is 0.396 e. The second-order valence-corrected chi connectivity index (χ2v) is 7.92. The molecule has 0 aliphatic carbocycles. The SMILES string of the molecule is CC12CC[C@@](CCO)(O1)[C@H]1C(=O)N(c3cc(Cl)cc(Cl)c3)C(=O)[C@H]12. The summed E-state index contributed by atoms with van der Waals surface area (Å²) in [5.41, 5.74) is -1.03. The van der Waals surface area contributed by atoms with Gasteiger partial charge in [-0.2, -0.15) is 0 Å². The van der Waals surface area contributed by atoms with E-state index in [0.717, 1.165) is 0 Å². The molecule has 2 amide bonds. The lowest BCUT2D eigenvalue weighted by molar-refractivity contribution is -0.131. The minimum atomic E-state index is -0.752. The smallest absolute Gasteiger partial charge is 0.240 e. The van der Waals surface area contributed by atoms with Gasteiger partial charge in [0.25, 0.3) is 0 Å². The monoisotopic (exact) mass is 369 g/mol. The predicted octanol–water partition coefficient (Wildman–Crippen LogP) is 2.80. The third-order valence-corrected chi connectivity index (χ3v) is 6.09. The number of carbonyl (C=O) groups is 2. The second-order valence-electron chi connectivity index (χ2n) is 7.05. The average Bonchev–Trinajstić information content (AvgIpc) is 3.04. The van der Waals surface area contributed by atoms with Crippen molar-refractivity contribution in [1.29, 1.82) is 0 Å². The molecule has 3 fully saturated rings. The zero-order valence-electron chi connectivity index (χ0n) is 13.1. The number of hydrogen-bond acceptors (Lipinski definition) is 4. The fourth-order valence-electron chi connectivity index (χ4n) is 4.72. The van der Waals surface area contributed by atoms with Gasteiger partial charge in [-0.15, -0.1) is 0 Å². The molecule has 1 unspecified atom stereocenters. The number of carbonyl (C=O) groups excluding carboxylic acids is 2. The van der Waals surface area contributed by atoms with Gasteiger partial charge < -0.3 is 9.84 Å². The highest BCUT2D eigenvalue weighted by Gasteiger charge is 2.73. The first-order chi connectivity index (χ1) is 11.3. The Labute approximate surface area is 149 Å². The summed E-state index contributed by atoms with van der Waals surface area (Å²) < 4.78 is 6.15. The number of benzene rings is 1. The third-order valence-electron chi connectivity index (χ3n) is 5.65. The van der Waals surface area contributed by atoms with Crippen LogP contribution in [-0.2, 0) is 14.3 Å². The number of aliphatic hydroxyl groups excluding tert-OH is 1. The first kappa shape index (κ1) is 16.3. The van der Waals surface area contributed by atoms with Gasteiger partial charge in [0.1, 0.15) is 0 Å². The van der Waals surface area contributed by atoms with Crippen molar-refractivity contribution in [2.24, 2.45) is 11.8 Å². The quantitative estimate of drug-likeness (QED) is 0.831. The van der Waals surface area contributed by atoms with Crippen molar-refractivity contribution in [1.82, 2.24) is 0 Å². The zero-order valence-corrected chi connectivity index (χ0v) is 14.6. The van der Waals surface area contributed by atoms with E-state index in [9.17, 15) is 14.7 Å². The van der Waals surface area contributed by atoms with E-state index in [1.54, 1.807) is 18.2 Å². The summed E-state index contributed by atoms with van der Waals surface area (Å²) >= 11 is 12.1. The maximum atomic E-state index is 13.1. The molecule has 4 atom stereocenters. The summed E-state index contributed by atoms with van der Waals surface area (Å²) in [6.45, 7) is 1.81. The van der Waals surface area contributed by atoms with E-state index in [-0.39, 0.29) is 18.4 Å². The summed E-state index contributed by atoms with van der Waals surface area (Å²) in [4.78, 5) is 27.3. The van der Waals surface area contributed by atoms with E-state index < -0.39 is 23.0 Å². The number of anilines is 1. The second kappa shape index (κ2) is 5.18. The van der Waals surface area contributed by atoms with Crippen LogP contribution in [0.5, 0.6) is 0 Å². The molecule has 0 radical (unpaired) electrons.